The molecule has 0 amide bonds. The number of methoxy groups -OCH3 is 2. The predicted octanol–water partition coefficient (Wildman–Crippen LogP) is 5.21. The van der Waals surface area contributed by atoms with E-state index in [0.29, 0.717) is 12.0 Å². The quantitative estimate of drug-likeness (QED) is 0.410. The second-order valence-electron chi connectivity index (χ2n) is 7.72. The van der Waals surface area contributed by atoms with Gasteiger partial charge in [0, 0.05) is 41.7 Å². The lowest BCUT2D eigenvalue weighted by Crippen LogP contribution is -2.37. The molecular weight excluding hydrogens is 360 g/mol. The Hall–Kier alpha value is -2.72. The van der Waals surface area contributed by atoms with E-state index in [1.54, 1.807) is 14.2 Å². The molecule has 1 aliphatic rings. The summed E-state index contributed by atoms with van der Waals surface area (Å²) in [6, 6.07) is 15.2. The average molecular weight is 391 g/mol. The van der Waals surface area contributed by atoms with Crippen LogP contribution in [0.5, 0.6) is 11.5 Å². The normalized spacial score (nSPS) is 18.8. The van der Waals surface area contributed by atoms with Crippen LogP contribution in [0.15, 0.2) is 60.8 Å². The molecule has 2 N–H and O–H groups in total. The van der Waals surface area contributed by atoms with Crippen LogP contribution < -0.4 is 14.8 Å². The Balaban J connectivity index is 1.35. The van der Waals surface area contributed by atoms with Gasteiger partial charge in [-0.25, -0.2) is 0 Å². The summed E-state index contributed by atoms with van der Waals surface area (Å²) in [6.45, 7) is 0.954. The number of ether oxygens (including phenoxy) is 2. The molecule has 2 atom stereocenters. The van der Waals surface area contributed by atoms with Crippen LogP contribution in [0.2, 0.25) is 0 Å². The topological polar surface area (TPSA) is 46.3 Å². The maximum atomic E-state index is 5.42. The molecular formula is C25H30N2O2. The Morgan fingerprint density at radius 1 is 1.00 bits per heavy atom. The number of rotatable bonds is 8. The summed E-state index contributed by atoms with van der Waals surface area (Å²) in [7, 11) is 3.44. The standard InChI is InChI=1S/C25H30N2O2/c1-28-20-9-5-8-18(15-20)22-10-6-14-26-24(22)11-4-3-7-19-17-27-25-16-21(29-2)12-13-23(19)25/h5-6,8-10,12-13,15-17,22,24,26-27H,3-4,7,11,14H2,1-2H3. The third kappa shape index (κ3) is 4.48. The van der Waals surface area contributed by atoms with Crippen molar-refractivity contribution >= 4 is 10.9 Å². The summed E-state index contributed by atoms with van der Waals surface area (Å²) in [4.78, 5) is 3.38. The van der Waals surface area contributed by atoms with E-state index in [-0.39, 0.29) is 0 Å². The molecule has 4 nitrogen and oxygen atoms in total. The molecule has 0 radical (unpaired) electrons. The molecule has 0 bridgehead atoms. The van der Waals surface area contributed by atoms with Gasteiger partial charge in [0.05, 0.1) is 14.2 Å². The number of aromatic nitrogens is 1. The minimum absolute atomic E-state index is 0.402. The van der Waals surface area contributed by atoms with Crippen LogP contribution in [0.3, 0.4) is 0 Å². The first-order valence-electron chi connectivity index (χ1n) is 10.5. The largest absolute Gasteiger partial charge is 0.497 e. The highest BCUT2D eigenvalue weighted by molar-refractivity contribution is 5.84. The zero-order valence-corrected chi connectivity index (χ0v) is 17.3. The Kier molecular flexibility index (Phi) is 6.20. The van der Waals surface area contributed by atoms with Crippen molar-refractivity contribution in [3.05, 3.63) is 71.9 Å². The SMILES string of the molecule is COc1cccc(C2C=CCNC2CCCCc2c[nH]c3cc(OC)ccc23)c1. The highest BCUT2D eigenvalue weighted by Gasteiger charge is 2.22. The van der Waals surface area contributed by atoms with Crippen molar-refractivity contribution in [3.63, 3.8) is 0 Å². The van der Waals surface area contributed by atoms with E-state index in [0.717, 1.165) is 30.0 Å². The van der Waals surface area contributed by atoms with Gasteiger partial charge in [-0.15, -0.1) is 0 Å². The van der Waals surface area contributed by atoms with Crippen LogP contribution in [-0.4, -0.2) is 31.8 Å². The molecule has 0 saturated heterocycles. The first-order valence-corrected chi connectivity index (χ1v) is 10.5. The number of aryl methyl sites for hydroxylation is 1. The van der Waals surface area contributed by atoms with Gasteiger partial charge in [0.25, 0.3) is 0 Å². The maximum absolute atomic E-state index is 5.42. The fourth-order valence-corrected chi connectivity index (χ4v) is 4.35. The van der Waals surface area contributed by atoms with E-state index in [1.807, 2.05) is 12.1 Å². The van der Waals surface area contributed by atoms with Crippen LogP contribution in [-0.2, 0) is 6.42 Å². The van der Waals surface area contributed by atoms with E-state index in [2.05, 4.69) is 59.0 Å². The van der Waals surface area contributed by atoms with Gasteiger partial charge in [0.1, 0.15) is 11.5 Å². The lowest BCUT2D eigenvalue weighted by Gasteiger charge is -2.29. The molecule has 4 heteroatoms. The fourth-order valence-electron chi connectivity index (χ4n) is 4.35. The van der Waals surface area contributed by atoms with Crippen LogP contribution in [0, 0.1) is 0 Å². The van der Waals surface area contributed by atoms with Gasteiger partial charge in [-0.2, -0.15) is 0 Å². The summed E-state index contributed by atoms with van der Waals surface area (Å²) in [6.07, 6.45) is 11.4. The highest BCUT2D eigenvalue weighted by Crippen LogP contribution is 2.30. The summed E-state index contributed by atoms with van der Waals surface area (Å²) in [5.74, 6) is 2.22. The summed E-state index contributed by atoms with van der Waals surface area (Å²) >= 11 is 0. The van der Waals surface area contributed by atoms with Gasteiger partial charge in [-0.1, -0.05) is 30.7 Å². The van der Waals surface area contributed by atoms with Crippen molar-refractivity contribution in [1.82, 2.24) is 10.3 Å². The van der Waals surface area contributed by atoms with Crippen molar-refractivity contribution in [2.45, 2.75) is 37.6 Å². The summed E-state index contributed by atoms with van der Waals surface area (Å²) in [5, 5.41) is 5.00. The molecule has 2 unspecified atom stereocenters. The summed E-state index contributed by atoms with van der Waals surface area (Å²) in [5.41, 5.74) is 3.86. The fraction of sp³-hybridized carbons (Fsp3) is 0.360. The van der Waals surface area contributed by atoms with E-state index in [9.17, 15) is 0 Å². The third-order valence-corrected chi connectivity index (χ3v) is 5.94. The monoisotopic (exact) mass is 390 g/mol. The molecule has 0 fully saturated rings. The van der Waals surface area contributed by atoms with E-state index < -0.39 is 0 Å². The predicted molar refractivity (Wildman–Crippen MR) is 119 cm³/mol. The number of unbranched alkanes of at least 4 members (excludes halogenated alkanes) is 1. The Morgan fingerprint density at radius 2 is 1.86 bits per heavy atom. The third-order valence-electron chi connectivity index (χ3n) is 5.94. The van der Waals surface area contributed by atoms with Gasteiger partial charge in [0.15, 0.2) is 0 Å². The molecule has 1 aliphatic heterocycles. The molecule has 4 rings (SSSR count). The number of benzene rings is 2. The van der Waals surface area contributed by atoms with Crippen molar-refractivity contribution in [2.75, 3.05) is 20.8 Å². The molecule has 0 spiro atoms. The number of hydrogen-bond donors (Lipinski definition) is 2. The Labute approximate surface area is 172 Å². The van der Waals surface area contributed by atoms with Gasteiger partial charge in [0.2, 0.25) is 0 Å². The van der Waals surface area contributed by atoms with Gasteiger partial charge in [-0.3, -0.25) is 0 Å². The number of fused-ring (bicyclic) bond motifs is 1. The smallest absolute Gasteiger partial charge is 0.120 e. The van der Waals surface area contributed by atoms with Crippen LogP contribution in [0.1, 0.15) is 36.3 Å². The molecule has 0 saturated carbocycles. The molecule has 3 aromatic rings. The number of hydrogen-bond acceptors (Lipinski definition) is 3. The zero-order valence-electron chi connectivity index (χ0n) is 17.3. The minimum atomic E-state index is 0.402. The zero-order chi connectivity index (χ0) is 20.1. The lowest BCUT2D eigenvalue weighted by atomic mass is 9.86. The van der Waals surface area contributed by atoms with E-state index >= 15 is 0 Å². The average Bonchev–Trinajstić information content (AvgIpc) is 3.19. The second kappa shape index (κ2) is 9.19. The molecule has 152 valence electrons. The first-order chi connectivity index (χ1) is 14.3. The molecule has 29 heavy (non-hydrogen) atoms. The Morgan fingerprint density at radius 3 is 2.72 bits per heavy atom. The van der Waals surface area contributed by atoms with Crippen molar-refractivity contribution in [3.8, 4) is 11.5 Å². The summed E-state index contributed by atoms with van der Waals surface area (Å²) < 4.78 is 10.7. The first kappa shape index (κ1) is 19.6. The molecule has 2 heterocycles. The minimum Gasteiger partial charge on any atom is -0.497 e. The number of nitrogens with one attached hydrogen (secondary N) is 2. The van der Waals surface area contributed by atoms with E-state index in [1.165, 1.54) is 35.8 Å². The number of H-pyrrole nitrogens is 1. The van der Waals surface area contributed by atoms with Crippen molar-refractivity contribution in [1.29, 1.82) is 0 Å². The lowest BCUT2D eigenvalue weighted by molar-refractivity contribution is 0.409. The van der Waals surface area contributed by atoms with E-state index in [4.69, 9.17) is 9.47 Å². The molecule has 2 aromatic carbocycles. The van der Waals surface area contributed by atoms with Gasteiger partial charge in [-0.05, 0) is 54.7 Å². The second-order valence-corrected chi connectivity index (χ2v) is 7.72. The number of aromatic amines is 1. The van der Waals surface area contributed by atoms with Crippen LogP contribution in [0.25, 0.3) is 10.9 Å². The Bertz CT molecular complexity index is 976. The van der Waals surface area contributed by atoms with Crippen LogP contribution in [0.4, 0.5) is 0 Å². The molecule has 0 aliphatic carbocycles. The maximum Gasteiger partial charge on any atom is 0.120 e. The van der Waals surface area contributed by atoms with Gasteiger partial charge >= 0.3 is 0 Å². The van der Waals surface area contributed by atoms with Crippen molar-refractivity contribution in [2.24, 2.45) is 0 Å². The van der Waals surface area contributed by atoms with Gasteiger partial charge < -0.3 is 19.8 Å². The van der Waals surface area contributed by atoms with Crippen LogP contribution >= 0.6 is 0 Å². The highest BCUT2D eigenvalue weighted by atomic mass is 16.5. The van der Waals surface area contributed by atoms with Crippen molar-refractivity contribution < 1.29 is 9.47 Å². The molecule has 1 aromatic heterocycles.